The van der Waals surface area contributed by atoms with Gasteiger partial charge in [-0.15, -0.1) is 0 Å². The molecule has 112 valence electrons. The zero-order valence-electron chi connectivity index (χ0n) is 12.3. The third kappa shape index (κ3) is 3.13. The number of benzene rings is 1. The van der Waals surface area contributed by atoms with E-state index < -0.39 is 10.0 Å². The van der Waals surface area contributed by atoms with Crippen molar-refractivity contribution in [2.45, 2.75) is 31.2 Å². The highest BCUT2D eigenvalue weighted by Gasteiger charge is 2.31. The molecule has 0 bridgehead atoms. The Hall–Kier alpha value is -1.11. The topological polar surface area (TPSA) is 66.6 Å². The molecule has 1 aliphatic heterocycles. The first kappa shape index (κ1) is 15.3. The summed E-state index contributed by atoms with van der Waals surface area (Å²) in [4.78, 5) is 2.47. The molecule has 1 aromatic carbocycles. The number of hydrogen-bond acceptors (Lipinski definition) is 4. The normalized spacial score (nSPS) is 22.6. The van der Waals surface area contributed by atoms with Gasteiger partial charge in [-0.25, -0.2) is 8.42 Å². The predicted octanol–water partition coefficient (Wildman–Crippen LogP) is 1.29. The summed E-state index contributed by atoms with van der Waals surface area (Å²) in [5, 5.41) is 0. The summed E-state index contributed by atoms with van der Waals surface area (Å²) >= 11 is 0. The lowest BCUT2D eigenvalue weighted by atomic mass is 10.2. The maximum absolute atomic E-state index is 12.8. The van der Waals surface area contributed by atoms with Crippen LogP contribution in [-0.4, -0.2) is 50.3 Å². The highest BCUT2D eigenvalue weighted by Crippen LogP contribution is 2.23. The molecule has 0 saturated carbocycles. The molecule has 20 heavy (non-hydrogen) atoms. The van der Waals surface area contributed by atoms with Crippen LogP contribution in [0.4, 0.5) is 5.69 Å². The average Bonchev–Trinajstić information content (AvgIpc) is 2.49. The minimum atomic E-state index is -3.48. The van der Waals surface area contributed by atoms with Gasteiger partial charge in [0.05, 0.1) is 4.90 Å². The van der Waals surface area contributed by atoms with Crippen LogP contribution in [0.5, 0.6) is 0 Å². The molecular formula is C14H23N3O2S. The molecule has 0 aromatic heterocycles. The highest BCUT2D eigenvalue weighted by atomic mass is 32.2. The fraction of sp³-hybridized carbons (Fsp3) is 0.571. The van der Waals surface area contributed by atoms with Crippen molar-refractivity contribution in [2.75, 3.05) is 32.4 Å². The lowest BCUT2D eigenvalue weighted by Gasteiger charge is -2.27. The fourth-order valence-corrected chi connectivity index (χ4v) is 4.57. The van der Waals surface area contributed by atoms with E-state index in [4.69, 9.17) is 5.73 Å². The van der Waals surface area contributed by atoms with Crippen LogP contribution in [0.2, 0.25) is 0 Å². The largest absolute Gasteiger partial charge is 0.399 e. The van der Waals surface area contributed by atoms with Crippen molar-refractivity contribution in [1.29, 1.82) is 0 Å². The van der Waals surface area contributed by atoms with Crippen LogP contribution in [-0.2, 0) is 10.0 Å². The minimum absolute atomic E-state index is 0.0331. The number of rotatable bonds is 2. The van der Waals surface area contributed by atoms with Crippen molar-refractivity contribution in [1.82, 2.24) is 9.21 Å². The first-order chi connectivity index (χ1) is 9.30. The third-order valence-electron chi connectivity index (χ3n) is 3.67. The standard InChI is InChI=1S/C14H23N3O2S/c1-11-7-13(15)9-14(8-11)20(18,19)17-6-4-5-16(3)10-12(17)2/h7-9,12H,4-6,10,15H2,1-3H3. The van der Waals surface area contributed by atoms with Crippen molar-refractivity contribution >= 4 is 15.7 Å². The molecule has 1 atom stereocenters. The quantitative estimate of drug-likeness (QED) is 0.835. The smallest absolute Gasteiger partial charge is 0.243 e. The maximum atomic E-state index is 12.8. The summed E-state index contributed by atoms with van der Waals surface area (Å²) in [6, 6.07) is 4.98. The zero-order valence-corrected chi connectivity index (χ0v) is 13.2. The Morgan fingerprint density at radius 1 is 1.25 bits per heavy atom. The Labute approximate surface area is 121 Å². The number of nitrogens with two attached hydrogens (primary N) is 1. The lowest BCUT2D eigenvalue weighted by molar-refractivity contribution is 0.290. The van der Waals surface area contributed by atoms with Crippen molar-refractivity contribution in [3.63, 3.8) is 0 Å². The molecule has 0 amide bonds. The molecule has 0 spiro atoms. The maximum Gasteiger partial charge on any atom is 0.243 e. The first-order valence-corrected chi connectivity index (χ1v) is 8.32. The summed E-state index contributed by atoms with van der Waals surface area (Å²) < 4.78 is 27.2. The van der Waals surface area contributed by atoms with E-state index >= 15 is 0 Å². The number of aryl methyl sites for hydroxylation is 1. The van der Waals surface area contributed by atoms with E-state index in [1.807, 2.05) is 20.9 Å². The van der Waals surface area contributed by atoms with Crippen LogP contribution in [0.3, 0.4) is 0 Å². The number of anilines is 1. The van der Waals surface area contributed by atoms with E-state index in [-0.39, 0.29) is 6.04 Å². The van der Waals surface area contributed by atoms with Crippen molar-refractivity contribution in [3.8, 4) is 0 Å². The molecule has 6 heteroatoms. The van der Waals surface area contributed by atoms with Gasteiger partial charge in [0.2, 0.25) is 10.0 Å². The van der Waals surface area contributed by atoms with Gasteiger partial charge in [-0.05, 0) is 57.6 Å². The zero-order chi connectivity index (χ0) is 14.9. The third-order valence-corrected chi connectivity index (χ3v) is 5.66. The number of nitrogens with zero attached hydrogens (tertiary/aromatic N) is 2. The molecule has 1 saturated heterocycles. The van der Waals surface area contributed by atoms with Crippen molar-refractivity contribution < 1.29 is 8.42 Å². The van der Waals surface area contributed by atoms with E-state index in [2.05, 4.69) is 4.90 Å². The van der Waals surface area contributed by atoms with Crippen LogP contribution >= 0.6 is 0 Å². The van der Waals surface area contributed by atoms with Gasteiger partial charge in [0, 0.05) is 24.8 Å². The van der Waals surface area contributed by atoms with E-state index in [1.54, 1.807) is 22.5 Å². The Kier molecular flexibility index (Phi) is 4.36. The monoisotopic (exact) mass is 297 g/mol. The molecule has 0 radical (unpaired) electrons. The summed E-state index contributed by atoms with van der Waals surface area (Å²) in [5.41, 5.74) is 7.14. The summed E-state index contributed by atoms with van der Waals surface area (Å²) in [7, 11) is -1.45. The van der Waals surface area contributed by atoms with Gasteiger partial charge < -0.3 is 10.6 Å². The molecule has 1 aromatic rings. The SMILES string of the molecule is Cc1cc(N)cc(S(=O)(=O)N2CCCN(C)CC2C)c1. The lowest BCUT2D eigenvalue weighted by Crippen LogP contribution is -2.41. The van der Waals surface area contributed by atoms with E-state index in [1.165, 1.54) is 0 Å². The van der Waals surface area contributed by atoms with Gasteiger partial charge in [0.1, 0.15) is 0 Å². The van der Waals surface area contributed by atoms with Gasteiger partial charge >= 0.3 is 0 Å². The van der Waals surface area contributed by atoms with Crippen LogP contribution in [0.15, 0.2) is 23.1 Å². The van der Waals surface area contributed by atoms with Gasteiger partial charge in [0.25, 0.3) is 0 Å². The Morgan fingerprint density at radius 3 is 2.60 bits per heavy atom. The molecule has 1 heterocycles. The molecule has 0 aliphatic carbocycles. The summed E-state index contributed by atoms with van der Waals surface area (Å²) in [6.45, 7) is 6.04. The van der Waals surface area contributed by atoms with Crippen LogP contribution < -0.4 is 5.73 Å². The molecule has 1 aliphatic rings. The van der Waals surface area contributed by atoms with Crippen molar-refractivity contribution in [3.05, 3.63) is 23.8 Å². The van der Waals surface area contributed by atoms with Gasteiger partial charge in [-0.3, -0.25) is 0 Å². The van der Waals surface area contributed by atoms with Gasteiger partial charge in [-0.1, -0.05) is 0 Å². The number of nitrogen functional groups attached to an aromatic ring is 1. The van der Waals surface area contributed by atoms with Gasteiger partial charge in [0.15, 0.2) is 0 Å². The second-order valence-electron chi connectivity index (χ2n) is 5.66. The van der Waals surface area contributed by atoms with Gasteiger partial charge in [-0.2, -0.15) is 4.31 Å². The van der Waals surface area contributed by atoms with Crippen LogP contribution in [0.25, 0.3) is 0 Å². The average molecular weight is 297 g/mol. The van der Waals surface area contributed by atoms with Crippen LogP contribution in [0.1, 0.15) is 18.9 Å². The second-order valence-corrected chi connectivity index (χ2v) is 7.55. The fourth-order valence-electron chi connectivity index (χ4n) is 2.77. The van der Waals surface area contributed by atoms with E-state index in [9.17, 15) is 8.42 Å². The Bertz CT molecular complexity index is 566. The van der Waals surface area contributed by atoms with E-state index in [0.717, 1.165) is 25.1 Å². The first-order valence-electron chi connectivity index (χ1n) is 6.88. The molecule has 5 nitrogen and oxygen atoms in total. The minimum Gasteiger partial charge on any atom is -0.399 e. The van der Waals surface area contributed by atoms with Crippen molar-refractivity contribution in [2.24, 2.45) is 0 Å². The number of hydrogen-bond donors (Lipinski definition) is 1. The van der Waals surface area contributed by atoms with Crippen LogP contribution in [0, 0.1) is 6.92 Å². The number of sulfonamides is 1. The molecule has 2 N–H and O–H groups in total. The summed E-state index contributed by atoms with van der Waals surface area (Å²) in [5.74, 6) is 0. The molecule has 1 unspecified atom stereocenters. The Morgan fingerprint density at radius 2 is 1.95 bits per heavy atom. The molecular weight excluding hydrogens is 274 g/mol. The predicted molar refractivity (Wildman–Crippen MR) is 81.1 cm³/mol. The summed E-state index contributed by atoms with van der Waals surface area (Å²) in [6.07, 6.45) is 0.849. The molecule has 1 fully saturated rings. The number of likely N-dealkylation sites (N-methyl/N-ethyl adjacent to an activating group) is 1. The molecule has 2 rings (SSSR count). The second kappa shape index (κ2) is 5.71. The van der Waals surface area contributed by atoms with E-state index in [0.29, 0.717) is 17.1 Å². The highest BCUT2D eigenvalue weighted by molar-refractivity contribution is 7.89. The Balaban J connectivity index is 2.38.